The van der Waals surface area contributed by atoms with Gasteiger partial charge in [0.2, 0.25) is 8.32 Å². The van der Waals surface area contributed by atoms with Gasteiger partial charge >= 0.3 is 0 Å². The first-order valence-electron chi connectivity index (χ1n) is 6.02. The third-order valence-corrected chi connectivity index (χ3v) is 4.12. The average Bonchev–Trinajstić information content (AvgIpc) is 2.80. The molecule has 0 fully saturated rings. The van der Waals surface area contributed by atoms with E-state index in [1.165, 1.54) is 5.56 Å². The van der Waals surface area contributed by atoms with E-state index in [4.69, 9.17) is 10.2 Å². The van der Waals surface area contributed by atoms with Gasteiger partial charge in [0, 0.05) is 0 Å². The van der Waals surface area contributed by atoms with Gasteiger partial charge in [0.1, 0.15) is 5.75 Å². The molecule has 0 aliphatic rings. The Labute approximate surface area is 126 Å². The number of hydrogen-bond donors (Lipinski definition) is 1. The quantitative estimate of drug-likeness (QED) is 0.847. The van der Waals surface area contributed by atoms with Crippen LogP contribution < -0.4 is 10.2 Å². The Morgan fingerprint density at radius 2 is 1.68 bits per heavy atom. The minimum Gasteiger partial charge on any atom is -0.544 e. The third-order valence-electron chi connectivity index (χ3n) is 2.57. The van der Waals surface area contributed by atoms with E-state index >= 15 is 0 Å². The number of hydrogen-bond acceptors (Lipinski definition) is 3. The van der Waals surface area contributed by atoms with E-state index in [2.05, 4.69) is 48.6 Å². The van der Waals surface area contributed by atoms with Crippen molar-refractivity contribution in [2.45, 2.75) is 25.7 Å². The van der Waals surface area contributed by atoms with Gasteiger partial charge in [0.25, 0.3) is 0 Å². The summed E-state index contributed by atoms with van der Waals surface area (Å²) < 4.78 is 5.93. The summed E-state index contributed by atoms with van der Waals surface area (Å²) in [6, 6.07) is 10.2. The number of benzene rings is 1. The highest BCUT2D eigenvalue weighted by atomic mass is 35.5. The topological polar surface area (TPSA) is 35.2 Å². The highest BCUT2D eigenvalue weighted by Crippen LogP contribution is 2.24. The number of nitrogens with two attached hydrogens (primary N) is 1. The van der Waals surface area contributed by atoms with Crippen molar-refractivity contribution in [3.63, 3.8) is 0 Å². The van der Waals surface area contributed by atoms with Crippen molar-refractivity contribution < 1.29 is 4.43 Å². The van der Waals surface area contributed by atoms with Crippen LogP contribution in [0.2, 0.25) is 19.6 Å². The molecule has 1 heterocycles. The van der Waals surface area contributed by atoms with Crippen molar-refractivity contribution in [2.75, 3.05) is 0 Å². The van der Waals surface area contributed by atoms with Gasteiger partial charge in [-0.25, -0.2) is 0 Å². The zero-order valence-corrected chi connectivity index (χ0v) is 14.1. The molecule has 1 atom stereocenters. The van der Waals surface area contributed by atoms with Crippen molar-refractivity contribution >= 4 is 32.1 Å². The van der Waals surface area contributed by atoms with Crippen molar-refractivity contribution in [1.29, 1.82) is 0 Å². The molecule has 0 aliphatic heterocycles. The van der Waals surface area contributed by atoms with E-state index in [1.807, 2.05) is 12.1 Å². The Kier molecular flexibility index (Phi) is 5.61. The van der Waals surface area contributed by atoms with Crippen LogP contribution in [0, 0.1) is 0 Å². The standard InChI is InChI=1S/C14H19NOSSi.ClH/c1-18(2,3)16-13-6-4-11(5-7-13)14(15)12-8-9-17-10-12;/h4-10,14H,15H2,1-3H3;1H/t14-;/m1./s1. The van der Waals surface area contributed by atoms with Crippen LogP contribution in [-0.4, -0.2) is 8.32 Å². The maximum atomic E-state index is 6.21. The normalized spacial score (nSPS) is 12.6. The lowest BCUT2D eigenvalue weighted by atomic mass is 10.0. The Balaban J connectivity index is 0.00000180. The Morgan fingerprint density at radius 3 is 2.16 bits per heavy atom. The fourth-order valence-electron chi connectivity index (χ4n) is 1.74. The van der Waals surface area contributed by atoms with Crippen LogP contribution >= 0.6 is 23.7 Å². The zero-order valence-electron chi connectivity index (χ0n) is 11.4. The van der Waals surface area contributed by atoms with Crippen LogP contribution in [0.4, 0.5) is 0 Å². The van der Waals surface area contributed by atoms with E-state index in [0.29, 0.717) is 0 Å². The summed E-state index contributed by atoms with van der Waals surface area (Å²) >= 11 is 1.67. The molecule has 19 heavy (non-hydrogen) atoms. The van der Waals surface area contributed by atoms with Gasteiger partial charge in [-0.3, -0.25) is 0 Å². The molecule has 0 saturated heterocycles. The molecule has 1 aromatic heterocycles. The second-order valence-electron chi connectivity index (χ2n) is 5.32. The van der Waals surface area contributed by atoms with Gasteiger partial charge in [0.15, 0.2) is 0 Å². The Hall–Kier alpha value is -0.813. The van der Waals surface area contributed by atoms with E-state index < -0.39 is 8.32 Å². The molecule has 2 rings (SSSR count). The van der Waals surface area contributed by atoms with Gasteiger partial charge in [-0.2, -0.15) is 11.3 Å². The third kappa shape index (κ3) is 4.65. The summed E-state index contributed by atoms with van der Waals surface area (Å²) in [6.07, 6.45) is 0. The minimum atomic E-state index is -1.53. The lowest BCUT2D eigenvalue weighted by Gasteiger charge is -2.19. The van der Waals surface area contributed by atoms with Crippen molar-refractivity contribution in [3.8, 4) is 5.75 Å². The van der Waals surface area contributed by atoms with Crippen LogP contribution in [-0.2, 0) is 0 Å². The monoisotopic (exact) mass is 313 g/mol. The molecule has 0 saturated carbocycles. The molecule has 0 aliphatic carbocycles. The molecule has 2 N–H and O–H groups in total. The lowest BCUT2D eigenvalue weighted by molar-refractivity contribution is 0.557. The predicted molar refractivity (Wildman–Crippen MR) is 88.0 cm³/mol. The smallest absolute Gasteiger partial charge is 0.242 e. The van der Waals surface area contributed by atoms with Crippen LogP contribution in [0.15, 0.2) is 41.1 Å². The average molecular weight is 314 g/mol. The van der Waals surface area contributed by atoms with E-state index in [9.17, 15) is 0 Å². The van der Waals surface area contributed by atoms with Crippen molar-refractivity contribution in [3.05, 3.63) is 52.2 Å². The first kappa shape index (κ1) is 16.2. The largest absolute Gasteiger partial charge is 0.544 e. The zero-order chi connectivity index (χ0) is 13.2. The molecule has 2 nitrogen and oxygen atoms in total. The Morgan fingerprint density at radius 1 is 1.05 bits per heavy atom. The van der Waals surface area contributed by atoms with Gasteiger partial charge in [-0.05, 0) is 59.7 Å². The molecule has 5 heteroatoms. The lowest BCUT2D eigenvalue weighted by Crippen LogP contribution is -2.29. The van der Waals surface area contributed by atoms with Gasteiger partial charge in [-0.15, -0.1) is 12.4 Å². The molecule has 104 valence electrons. The maximum Gasteiger partial charge on any atom is 0.242 e. The fraction of sp³-hybridized carbons (Fsp3) is 0.286. The van der Waals surface area contributed by atoms with Crippen molar-refractivity contribution in [1.82, 2.24) is 0 Å². The predicted octanol–water partition coefficient (Wildman–Crippen LogP) is 4.43. The fourth-order valence-corrected chi connectivity index (χ4v) is 3.28. The molecule has 0 unspecified atom stereocenters. The van der Waals surface area contributed by atoms with Crippen LogP contribution in [0.1, 0.15) is 17.2 Å². The van der Waals surface area contributed by atoms with Gasteiger partial charge in [-0.1, -0.05) is 12.1 Å². The second kappa shape index (κ2) is 6.57. The second-order valence-corrected chi connectivity index (χ2v) is 10.5. The van der Waals surface area contributed by atoms with E-state index in [1.54, 1.807) is 11.3 Å². The maximum absolute atomic E-state index is 6.21. The van der Waals surface area contributed by atoms with E-state index in [-0.39, 0.29) is 18.4 Å². The molecule has 0 radical (unpaired) electrons. The van der Waals surface area contributed by atoms with Crippen LogP contribution in [0.5, 0.6) is 5.75 Å². The molecule has 0 amide bonds. The van der Waals surface area contributed by atoms with Crippen molar-refractivity contribution in [2.24, 2.45) is 5.73 Å². The highest BCUT2D eigenvalue weighted by molar-refractivity contribution is 7.08. The van der Waals surface area contributed by atoms with E-state index in [0.717, 1.165) is 11.3 Å². The highest BCUT2D eigenvalue weighted by Gasteiger charge is 2.16. The summed E-state index contributed by atoms with van der Waals surface area (Å²) in [5, 5.41) is 4.15. The summed E-state index contributed by atoms with van der Waals surface area (Å²) in [5.41, 5.74) is 8.50. The molecule has 0 bridgehead atoms. The SMILES string of the molecule is C[Si](C)(C)Oc1ccc([C@@H](N)c2ccsc2)cc1.Cl. The molecular weight excluding hydrogens is 294 g/mol. The molecule has 1 aromatic carbocycles. The minimum absolute atomic E-state index is 0. The first-order chi connectivity index (χ1) is 8.46. The van der Waals surface area contributed by atoms with Gasteiger partial charge in [0.05, 0.1) is 6.04 Å². The first-order valence-corrected chi connectivity index (χ1v) is 10.4. The molecule has 0 spiro atoms. The van der Waals surface area contributed by atoms with Crippen LogP contribution in [0.3, 0.4) is 0 Å². The Bertz CT molecular complexity index is 493. The summed E-state index contributed by atoms with van der Waals surface area (Å²) in [5.74, 6) is 0.940. The van der Waals surface area contributed by atoms with Gasteiger partial charge < -0.3 is 10.2 Å². The summed E-state index contributed by atoms with van der Waals surface area (Å²) in [4.78, 5) is 0. The molecular formula is C14H20ClNOSSi. The number of thiophene rings is 1. The van der Waals surface area contributed by atoms with Crippen LogP contribution in [0.25, 0.3) is 0 Å². The summed E-state index contributed by atoms with van der Waals surface area (Å²) in [6.45, 7) is 6.54. The summed E-state index contributed by atoms with van der Waals surface area (Å²) in [7, 11) is -1.53. The molecule has 2 aromatic rings. The number of halogens is 1. The number of rotatable bonds is 4.